The number of hydrogen-bond acceptors (Lipinski definition) is 6. The van der Waals surface area contributed by atoms with Crippen molar-refractivity contribution in [2.45, 2.75) is 18.6 Å². The first-order valence-corrected chi connectivity index (χ1v) is 4.57. The van der Waals surface area contributed by atoms with E-state index in [1.165, 1.54) is 0 Å². The Morgan fingerprint density at radius 2 is 2.24 bits per heavy atom. The van der Waals surface area contributed by atoms with E-state index in [0.717, 1.165) is 12.3 Å². The molecule has 0 saturated heterocycles. The Bertz CT molecular complexity index is 518. The SMILES string of the molecule is N#CCC(O)C(O)c1c[nH]c(=O)c([N+](=O)[O-])c1. The molecular weight excluding hydrogens is 230 g/mol. The van der Waals surface area contributed by atoms with Gasteiger partial charge in [-0.25, -0.2) is 0 Å². The van der Waals surface area contributed by atoms with Crippen LogP contribution in [0.2, 0.25) is 0 Å². The average Bonchev–Trinajstić information content (AvgIpc) is 2.28. The predicted molar refractivity (Wildman–Crippen MR) is 54.9 cm³/mol. The topological polar surface area (TPSA) is 140 Å². The summed E-state index contributed by atoms with van der Waals surface area (Å²) in [6.07, 6.45) is -2.11. The molecule has 0 amide bonds. The molecule has 17 heavy (non-hydrogen) atoms. The van der Waals surface area contributed by atoms with Crippen LogP contribution in [0.4, 0.5) is 5.69 Å². The molecule has 3 N–H and O–H groups in total. The van der Waals surface area contributed by atoms with Crippen LogP contribution in [0, 0.1) is 21.4 Å². The number of H-pyrrole nitrogens is 1. The summed E-state index contributed by atoms with van der Waals surface area (Å²) in [7, 11) is 0. The van der Waals surface area contributed by atoms with Gasteiger partial charge in [0.1, 0.15) is 6.10 Å². The zero-order chi connectivity index (χ0) is 13.0. The van der Waals surface area contributed by atoms with Crippen molar-refractivity contribution < 1.29 is 15.1 Å². The number of hydrogen-bond donors (Lipinski definition) is 3. The quantitative estimate of drug-likeness (QED) is 0.482. The van der Waals surface area contributed by atoms with Crippen molar-refractivity contribution in [1.82, 2.24) is 4.98 Å². The average molecular weight is 239 g/mol. The van der Waals surface area contributed by atoms with Crippen molar-refractivity contribution in [3.63, 3.8) is 0 Å². The Morgan fingerprint density at radius 1 is 1.59 bits per heavy atom. The van der Waals surface area contributed by atoms with Crippen LogP contribution in [0.3, 0.4) is 0 Å². The maximum Gasteiger partial charge on any atom is 0.334 e. The molecule has 1 heterocycles. The normalized spacial score (nSPS) is 13.7. The van der Waals surface area contributed by atoms with Crippen LogP contribution in [0.5, 0.6) is 0 Å². The third-order valence-electron chi connectivity index (χ3n) is 2.11. The lowest BCUT2D eigenvalue weighted by molar-refractivity contribution is -0.386. The van der Waals surface area contributed by atoms with Gasteiger partial charge in [0, 0.05) is 17.8 Å². The second-order valence-electron chi connectivity index (χ2n) is 3.28. The van der Waals surface area contributed by atoms with Gasteiger partial charge >= 0.3 is 11.2 Å². The fourth-order valence-corrected chi connectivity index (χ4v) is 1.22. The first kappa shape index (κ1) is 12.8. The van der Waals surface area contributed by atoms with E-state index in [1.54, 1.807) is 6.07 Å². The fraction of sp³-hybridized carbons (Fsp3) is 0.333. The Kier molecular flexibility index (Phi) is 3.92. The zero-order valence-corrected chi connectivity index (χ0v) is 8.53. The highest BCUT2D eigenvalue weighted by Gasteiger charge is 2.22. The zero-order valence-electron chi connectivity index (χ0n) is 8.53. The largest absolute Gasteiger partial charge is 0.389 e. The van der Waals surface area contributed by atoms with Crippen LogP contribution in [0.1, 0.15) is 18.1 Å². The van der Waals surface area contributed by atoms with Crippen LogP contribution < -0.4 is 5.56 Å². The molecule has 0 aromatic carbocycles. The first-order valence-electron chi connectivity index (χ1n) is 4.57. The number of aromatic amines is 1. The summed E-state index contributed by atoms with van der Waals surface area (Å²) in [6.45, 7) is 0. The molecule has 90 valence electrons. The van der Waals surface area contributed by atoms with Crippen LogP contribution in [-0.2, 0) is 0 Å². The second kappa shape index (κ2) is 5.20. The summed E-state index contributed by atoms with van der Waals surface area (Å²) in [5, 5.41) is 37.7. The number of pyridine rings is 1. The van der Waals surface area contributed by atoms with E-state index in [2.05, 4.69) is 4.98 Å². The molecule has 0 spiro atoms. The molecule has 1 aromatic rings. The highest BCUT2D eigenvalue weighted by atomic mass is 16.6. The molecule has 0 aliphatic carbocycles. The maximum atomic E-state index is 11.0. The van der Waals surface area contributed by atoms with E-state index in [4.69, 9.17) is 5.26 Å². The highest BCUT2D eigenvalue weighted by molar-refractivity contribution is 5.31. The molecular formula is C9H9N3O5. The number of aliphatic hydroxyl groups is 2. The van der Waals surface area contributed by atoms with Crippen molar-refractivity contribution in [3.05, 3.63) is 38.3 Å². The van der Waals surface area contributed by atoms with Gasteiger partial charge < -0.3 is 15.2 Å². The van der Waals surface area contributed by atoms with Crippen molar-refractivity contribution in [2.75, 3.05) is 0 Å². The van der Waals surface area contributed by atoms with Crippen LogP contribution in [-0.4, -0.2) is 26.2 Å². The first-order chi connectivity index (χ1) is 7.97. The van der Waals surface area contributed by atoms with Crippen LogP contribution in [0.15, 0.2) is 17.1 Å². The lowest BCUT2D eigenvalue weighted by atomic mass is 10.0. The number of nitro groups is 1. The minimum atomic E-state index is -1.47. The van der Waals surface area contributed by atoms with E-state index in [1.807, 2.05) is 0 Å². The third kappa shape index (κ3) is 2.87. The number of aliphatic hydroxyl groups excluding tert-OH is 2. The highest BCUT2D eigenvalue weighted by Crippen LogP contribution is 2.19. The van der Waals surface area contributed by atoms with Gasteiger partial charge in [0.2, 0.25) is 0 Å². The van der Waals surface area contributed by atoms with Gasteiger partial charge in [-0.3, -0.25) is 14.9 Å². The summed E-state index contributed by atoms with van der Waals surface area (Å²) < 4.78 is 0. The number of nitrogens with zero attached hydrogens (tertiary/aromatic N) is 2. The Balaban J connectivity index is 3.08. The molecule has 2 atom stereocenters. The van der Waals surface area contributed by atoms with E-state index < -0.39 is 28.4 Å². The van der Waals surface area contributed by atoms with Gasteiger partial charge in [-0.2, -0.15) is 5.26 Å². The van der Waals surface area contributed by atoms with Gasteiger partial charge in [-0.15, -0.1) is 0 Å². The summed E-state index contributed by atoms with van der Waals surface area (Å²) in [6, 6.07) is 2.52. The maximum absolute atomic E-state index is 11.0. The third-order valence-corrected chi connectivity index (χ3v) is 2.11. The number of rotatable bonds is 4. The Hall–Kier alpha value is -2.24. The lowest BCUT2D eigenvalue weighted by Gasteiger charge is -2.14. The smallest absolute Gasteiger partial charge is 0.334 e. The summed E-state index contributed by atoms with van der Waals surface area (Å²) in [4.78, 5) is 22.7. The summed E-state index contributed by atoms with van der Waals surface area (Å²) in [5.74, 6) is 0. The summed E-state index contributed by atoms with van der Waals surface area (Å²) >= 11 is 0. The van der Waals surface area contributed by atoms with Crippen LogP contribution in [0.25, 0.3) is 0 Å². The Morgan fingerprint density at radius 3 is 2.76 bits per heavy atom. The van der Waals surface area contributed by atoms with Crippen molar-refractivity contribution >= 4 is 5.69 Å². The molecule has 2 unspecified atom stereocenters. The monoisotopic (exact) mass is 239 g/mol. The van der Waals surface area contributed by atoms with Crippen LogP contribution >= 0.6 is 0 Å². The molecule has 0 fully saturated rings. The minimum absolute atomic E-state index is 0.0287. The molecule has 0 aliphatic heterocycles. The second-order valence-corrected chi connectivity index (χ2v) is 3.28. The molecule has 1 aromatic heterocycles. The van der Waals surface area contributed by atoms with E-state index in [-0.39, 0.29) is 12.0 Å². The number of nitriles is 1. The van der Waals surface area contributed by atoms with E-state index in [9.17, 15) is 25.1 Å². The molecule has 1 rings (SSSR count). The van der Waals surface area contributed by atoms with Gasteiger partial charge in [-0.05, 0) is 0 Å². The fourth-order valence-electron chi connectivity index (χ4n) is 1.22. The number of nitrogens with one attached hydrogen (secondary N) is 1. The standard InChI is InChI=1S/C9H9N3O5/c10-2-1-7(13)8(14)5-3-6(12(16)17)9(15)11-4-5/h3-4,7-8,13-14H,1H2,(H,11,15). The van der Waals surface area contributed by atoms with Gasteiger partial charge in [0.15, 0.2) is 0 Å². The molecule has 0 bridgehead atoms. The molecule has 0 aliphatic rings. The van der Waals surface area contributed by atoms with E-state index >= 15 is 0 Å². The predicted octanol–water partition coefficient (Wildman–Crippen LogP) is -0.409. The van der Waals surface area contributed by atoms with Gasteiger partial charge in [0.25, 0.3) is 0 Å². The van der Waals surface area contributed by atoms with E-state index in [0.29, 0.717) is 0 Å². The molecule has 8 heteroatoms. The minimum Gasteiger partial charge on any atom is -0.389 e. The van der Waals surface area contributed by atoms with Gasteiger partial charge in [-0.1, -0.05) is 0 Å². The Labute approximate surface area is 94.9 Å². The van der Waals surface area contributed by atoms with Crippen molar-refractivity contribution in [1.29, 1.82) is 5.26 Å². The molecule has 0 radical (unpaired) electrons. The molecule has 0 saturated carbocycles. The number of aromatic nitrogens is 1. The van der Waals surface area contributed by atoms with Crippen molar-refractivity contribution in [3.8, 4) is 6.07 Å². The van der Waals surface area contributed by atoms with Crippen molar-refractivity contribution in [2.24, 2.45) is 0 Å². The summed E-state index contributed by atoms with van der Waals surface area (Å²) in [5.41, 5.74) is -1.66. The van der Waals surface area contributed by atoms with Gasteiger partial charge in [0.05, 0.1) is 23.5 Å². The molecule has 8 nitrogen and oxygen atoms in total. The lowest BCUT2D eigenvalue weighted by Crippen LogP contribution is -2.20.